The molecule has 4 nitrogen and oxygen atoms in total. The van der Waals surface area contributed by atoms with E-state index < -0.39 is 8.07 Å². The van der Waals surface area contributed by atoms with E-state index in [1.54, 1.807) is 0 Å². The summed E-state index contributed by atoms with van der Waals surface area (Å²) in [6, 6.07) is 88.6. The third kappa shape index (κ3) is 6.38. The van der Waals surface area contributed by atoms with Gasteiger partial charge in [0.2, 0.25) is 0 Å². The van der Waals surface area contributed by atoms with E-state index in [1.165, 1.54) is 0 Å². The molecule has 0 saturated carbocycles. The highest BCUT2D eigenvalue weighted by atomic mass is 28.3. The van der Waals surface area contributed by atoms with Crippen molar-refractivity contribution in [1.29, 1.82) is 0 Å². The molecule has 4 aromatic heterocycles. The quantitative estimate of drug-likeness (QED) is 0.107. The highest BCUT2D eigenvalue weighted by molar-refractivity contribution is 7.20. The molecular weight excluding hydrogens is 949 g/mol. The molecule has 12 aromatic carbocycles. The summed E-state index contributed by atoms with van der Waals surface area (Å²) in [6.45, 7) is 0. The maximum atomic E-state index is 11.4. The summed E-state index contributed by atoms with van der Waals surface area (Å²) in [7, 11) is -4.50. The number of rotatable bonds is 8. The Morgan fingerprint density at radius 2 is 0.416 bits per heavy atom. The largest absolute Gasteiger partial charge is 0.309 e. The number of benzene rings is 12. The van der Waals surface area contributed by atoms with Crippen LogP contribution in [0.2, 0.25) is 0 Å². The van der Waals surface area contributed by atoms with Crippen LogP contribution >= 0.6 is 0 Å². The minimum absolute atomic E-state index is 0.00937. The van der Waals surface area contributed by atoms with Crippen molar-refractivity contribution in [2.24, 2.45) is 0 Å². The lowest BCUT2D eigenvalue weighted by Gasteiger charge is -2.36. The van der Waals surface area contributed by atoms with Gasteiger partial charge in [-0.05, 0) is 106 Å². The van der Waals surface area contributed by atoms with Crippen LogP contribution in [0.1, 0.15) is 6.85 Å². The molecule has 4 heterocycles. The summed E-state index contributed by atoms with van der Waals surface area (Å²) in [4.78, 5) is 0. The van der Waals surface area contributed by atoms with Gasteiger partial charge < -0.3 is 18.3 Å². The van der Waals surface area contributed by atoms with E-state index in [0.29, 0.717) is 33.1 Å². The molecule has 16 aromatic rings. The number of hydrogen-bond donors (Lipinski definition) is 0. The van der Waals surface area contributed by atoms with E-state index >= 15 is 0 Å². The Morgan fingerprint density at radius 3 is 0.675 bits per heavy atom. The predicted molar refractivity (Wildman–Crippen MR) is 327 cm³/mol. The molecule has 0 N–H and O–H groups in total. The minimum Gasteiger partial charge on any atom is -0.309 e. The zero-order chi connectivity index (χ0) is 55.0. The van der Waals surface area contributed by atoms with Crippen LogP contribution in [0.4, 0.5) is 0 Å². The normalized spacial score (nSPS) is 13.1. The molecule has 16 rings (SSSR count). The van der Waals surface area contributed by atoms with Gasteiger partial charge in [-0.2, -0.15) is 0 Å². The number of aromatic nitrogens is 4. The van der Waals surface area contributed by atoms with Crippen molar-refractivity contribution in [1.82, 2.24) is 18.3 Å². The maximum Gasteiger partial charge on any atom is 0.179 e. The number of nitrogens with zero attached hydrogens (tertiary/aromatic N) is 4. The SMILES string of the molecule is [2H]c1c(-n2c3ccccc3c3ccccc32)c([2H])c([Si](c2ccccc2)(c2ccccc2)c2c([2H])c(-n3c4ccccc4c4ccccc43)cc(-n3c4ccccc4c4ccccc43)c2[2H])c([2H])c1-n1c2ccccc2c2ccccc21. The van der Waals surface area contributed by atoms with Gasteiger partial charge in [0.05, 0.1) is 51.0 Å². The fourth-order valence-corrected chi connectivity index (χ4v) is 17.1. The Balaban J connectivity index is 1.18. The van der Waals surface area contributed by atoms with Crippen molar-refractivity contribution in [3.8, 4) is 22.7 Å². The lowest BCUT2D eigenvalue weighted by molar-refractivity contribution is 1.14. The van der Waals surface area contributed by atoms with Gasteiger partial charge in [0.1, 0.15) is 0 Å². The highest BCUT2D eigenvalue weighted by Crippen LogP contribution is 2.38. The molecule has 0 spiro atoms. The van der Waals surface area contributed by atoms with Crippen LogP contribution in [-0.4, -0.2) is 26.3 Å². The molecule has 0 fully saturated rings. The number of fused-ring (bicyclic) bond motifs is 12. The van der Waals surface area contributed by atoms with Gasteiger partial charge in [-0.3, -0.25) is 0 Å². The summed E-state index contributed by atoms with van der Waals surface area (Å²) in [6.07, 6.45) is 0. The van der Waals surface area contributed by atoms with Crippen molar-refractivity contribution >= 4 is 116 Å². The molecule has 0 aliphatic heterocycles. The zero-order valence-electron chi connectivity index (χ0n) is 46.6. The average molecular weight is 1000 g/mol. The average Bonchev–Trinajstić information content (AvgIpc) is 1.40. The first-order valence-electron chi connectivity index (χ1n) is 28.7. The molecule has 5 heteroatoms. The molecule has 360 valence electrons. The molecule has 0 saturated heterocycles. The van der Waals surface area contributed by atoms with Crippen LogP contribution in [0.5, 0.6) is 0 Å². The van der Waals surface area contributed by atoms with Gasteiger partial charge in [0, 0.05) is 65.8 Å². The lowest BCUT2D eigenvalue weighted by atomic mass is 10.2. The third-order valence-corrected chi connectivity index (χ3v) is 20.3. The first kappa shape index (κ1) is 38.6. The second-order valence-electron chi connectivity index (χ2n) is 19.9. The summed E-state index contributed by atoms with van der Waals surface area (Å²) in [5.41, 5.74) is 8.63. The fourth-order valence-electron chi connectivity index (χ4n) is 12.7. The van der Waals surface area contributed by atoms with Crippen LogP contribution in [0.25, 0.3) is 110 Å². The van der Waals surface area contributed by atoms with Crippen molar-refractivity contribution in [3.63, 3.8) is 0 Å². The Labute approximate surface area is 452 Å². The van der Waals surface area contributed by atoms with Crippen LogP contribution < -0.4 is 20.7 Å². The van der Waals surface area contributed by atoms with Crippen molar-refractivity contribution < 1.29 is 6.85 Å². The Kier molecular flexibility index (Phi) is 8.55. The molecular formula is C72H48N4Si. The Hall–Kier alpha value is -9.94. The van der Waals surface area contributed by atoms with Crippen LogP contribution in [0, 0.1) is 0 Å². The number of hydrogen-bond acceptors (Lipinski definition) is 0. The van der Waals surface area contributed by atoms with Crippen LogP contribution in [0.15, 0.2) is 291 Å². The molecule has 0 amide bonds. The molecule has 0 atom stereocenters. The van der Waals surface area contributed by atoms with Crippen molar-refractivity contribution in [2.45, 2.75) is 0 Å². The summed E-state index contributed by atoms with van der Waals surface area (Å²) >= 11 is 0. The van der Waals surface area contributed by atoms with Gasteiger partial charge >= 0.3 is 0 Å². The van der Waals surface area contributed by atoms with Gasteiger partial charge in [-0.1, -0.05) is 206 Å². The molecule has 77 heavy (non-hydrogen) atoms. The van der Waals surface area contributed by atoms with E-state index in [0.717, 1.165) is 97.6 Å². The molecule has 0 bridgehead atoms. The van der Waals surface area contributed by atoms with Crippen molar-refractivity contribution in [3.05, 3.63) is 291 Å². The zero-order valence-corrected chi connectivity index (χ0v) is 42.6. The Bertz CT molecular complexity index is 4780. The molecule has 0 aliphatic rings. The standard InChI is InChI=1S/C72H48N4Si/c1-3-23-53(24-4-1)77(54-25-5-2-6-26-54,55-45-49(73-65-35-15-7-27-57(65)58-28-8-16-36-66(58)73)43-50(46-55)74-67-37-17-9-29-59(67)60-30-10-18-38-68(60)74)56-47-51(75-69-39-19-11-31-61(69)62-32-12-20-40-70(62)75)44-52(48-56)76-71-41-21-13-33-63(71)64-34-14-22-42-72(64)76/h1-48H/i43D,45D,46D,47D,48D. The monoisotopic (exact) mass is 1000 g/mol. The number of para-hydroxylation sites is 8. The third-order valence-electron chi connectivity index (χ3n) is 15.9. The smallest absolute Gasteiger partial charge is 0.179 e. The lowest BCUT2D eigenvalue weighted by Crippen LogP contribution is -2.75. The fraction of sp³-hybridized carbons (Fsp3) is 0. The van der Waals surface area contributed by atoms with E-state index in [1.807, 2.05) is 115 Å². The van der Waals surface area contributed by atoms with E-state index in [-0.39, 0.29) is 30.2 Å². The maximum absolute atomic E-state index is 11.4. The van der Waals surface area contributed by atoms with E-state index in [4.69, 9.17) is 0 Å². The molecule has 0 unspecified atom stereocenters. The predicted octanol–water partition coefficient (Wildman–Crippen LogP) is 15.5. The van der Waals surface area contributed by atoms with Gasteiger partial charge in [-0.25, -0.2) is 0 Å². The van der Waals surface area contributed by atoms with E-state index in [9.17, 15) is 6.85 Å². The first-order valence-corrected chi connectivity index (χ1v) is 28.2. The minimum atomic E-state index is -4.50. The van der Waals surface area contributed by atoms with Gasteiger partial charge in [0.25, 0.3) is 0 Å². The van der Waals surface area contributed by atoms with E-state index in [2.05, 4.69) is 164 Å². The van der Waals surface area contributed by atoms with Crippen LogP contribution in [0.3, 0.4) is 0 Å². The summed E-state index contributed by atoms with van der Waals surface area (Å²) in [5.74, 6) is 0. The van der Waals surface area contributed by atoms with Crippen LogP contribution in [-0.2, 0) is 0 Å². The van der Waals surface area contributed by atoms with Gasteiger partial charge in [0.15, 0.2) is 8.07 Å². The topological polar surface area (TPSA) is 19.7 Å². The van der Waals surface area contributed by atoms with Gasteiger partial charge in [-0.15, -0.1) is 0 Å². The summed E-state index contributed by atoms with van der Waals surface area (Å²) < 4.78 is 64.9. The van der Waals surface area contributed by atoms with Crippen molar-refractivity contribution in [2.75, 3.05) is 0 Å². The second-order valence-corrected chi connectivity index (χ2v) is 23.6. The first-order chi connectivity index (χ1) is 40.4. The molecule has 0 aliphatic carbocycles. The Morgan fingerprint density at radius 1 is 0.208 bits per heavy atom. The summed E-state index contributed by atoms with van der Waals surface area (Å²) in [5, 5.41) is 10.4. The highest BCUT2D eigenvalue weighted by Gasteiger charge is 2.43. The second kappa shape index (κ2) is 17.0. The molecule has 0 radical (unpaired) electrons.